The highest BCUT2D eigenvalue weighted by Crippen LogP contribution is 2.28. The van der Waals surface area contributed by atoms with Crippen molar-refractivity contribution in [3.63, 3.8) is 0 Å². The van der Waals surface area contributed by atoms with Gasteiger partial charge >= 0.3 is 0 Å². The van der Waals surface area contributed by atoms with Gasteiger partial charge in [0.05, 0.1) is 5.37 Å². The van der Waals surface area contributed by atoms with Gasteiger partial charge in [-0.05, 0) is 12.8 Å². The lowest BCUT2D eigenvalue weighted by molar-refractivity contribution is -0.133. The molecule has 1 unspecified atom stereocenters. The zero-order valence-corrected chi connectivity index (χ0v) is 9.76. The second-order valence-corrected chi connectivity index (χ2v) is 5.25. The van der Waals surface area contributed by atoms with Crippen LogP contribution >= 0.6 is 11.8 Å². The van der Waals surface area contributed by atoms with Crippen LogP contribution in [-0.4, -0.2) is 27.8 Å². The summed E-state index contributed by atoms with van der Waals surface area (Å²) in [6, 6.07) is 0. The van der Waals surface area contributed by atoms with E-state index in [1.54, 1.807) is 6.92 Å². The number of hydrogen-bond donors (Lipinski definition) is 0. The number of rotatable bonds is 2. The second kappa shape index (κ2) is 4.82. The zero-order chi connectivity index (χ0) is 10.7. The largest absolute Gasteiger partial charge is 0.330 e. The predicted molar refractivity (Wildman–Crippen MR) is 57.8 cm³/mol. The zero-order valence-electron chi connectivity index (χ0n) is 8.95. The van der Waals surface area contributed by atoms with Crippen molar-refractivity contribution in [2.45, 2.75) is 39.0 Å². The van der Waals surface area contributed by atoms with Crippen molar-refractivity contribution in [3.8, 4) is 0 Å². The highest BCUT2D eigenvalue weighted by atomic mass is 32.2. The second-order valence-electron chi connectivity index (χ2n) is 3.89. The van der Waals surface area contributed by atoms with Gasteiger partial charge in [0, 0.05) is 19.4 Å². The van der Waals surface area contributed by atoms with Gasteiger partial charge in [-0.25, -0.2) is 0 Å². The molecule has 0 bridgehead atoms. The molecular formula is C10H17NO2S. The van der Waals surface area contributed by atoms with Crippen LogP contribution in [0.25, 0.3) is 0 Å². The maximum atomic E-state index is 11.7. The number of nitrogens with zero attached hydrogens (tertiary/aromatic N) is 1. The van der Waals surface area contributed by atoms with Gasteiger partial charge in [-0.2, -0.15) is 0 Å². The van der Waals surface area contributed by atoms with Crippen molar-refractivity contribution in [2.24, 2.45) is 5.92 Å². The van der Waals surface area contributed by atoms with E-state index in [1.807, 2.05) is 18.7 Å². The molecular weight excluding hydrogens is 198 g/mol. The maximum Gasteiger partial charge on any atom is 0.226 e. The molecule has 0 aromatic rings. The molecule has 1 saturated heterocycles. The molecule has 1 aliphatic rings. The minimum atomic E-state index is 0.0307. The first-order chi connectivity index (χ1) is 6.52. The normalized spacial score (nSPS) is 21.7. The number of carbonyl (C=O) groups is 2. The lowest BCUT2D eigenvalue weighted by atomic mass is 10.2. The fraction of sp³-hybridized carbons (Fsp3) is 0.800. The molecule has 0 aromatic carbocycles. The molecule has 0 aliphatic carbocycles. The van der Waals surface area contributed by atoms with Gasteiger partial charge in [0.2, 0.25) is 5.91 Å². The van der Waals surface area contributed by atoms with Gasteiger partial charge in [0.15, 0.2) is 5.12 Å². The van der Waals surface area contributed by atoms with Gasteiger partial charge in [-0.1, -0.05) is 25.6 Å². The summed E-state index contributed by atoms with van der Waals surface area (Å²) in [5.41, 5.74) is 0. The molecule has 1 fully saturated rings. The van der Waals surface area contributed by atoms with Crippen molar-refractivity contribution in [3.05, 3.63) is 0 Å². The van der Waals surface area contributed by atoms with Crippen LogP contribution in [0.4, 0.5) is 0 Å². The third-order valence-electron chi connectivity index (χ3n) is 2.28. The summed E-state index contributed by atoms with van der Waals surface area (Å²) in [6.07, 6.45) is 1.96. The predicted octanol–water partition coefficient (Wildman–Crippen LogP) is 1.87. The molecule has 0 N–H and O–H groups in total. The molecule has 4 heteroatoms. The first-order valence-electron chi connectivity index (χ1n) is 5.00. The Hall–Kier alpha value is -0.510. The van der Waals surface area contributed by atoms with E-state index < -0.39 is 0 Å². The molecule has 14 heavy (non-hydrogen) atoms. The molecule has 0 radical (unpaired) electrons. The van der Waals surface area contributed by atoms with Crippen molar-refractivity contribution in [2.75, 3.05) is 6.54 Å². The summed E-state index contributed by atoms with van der Waals surface area (Å²) in [5, 5.41) is 0.181. The topological polar surface area (TPSA) is 37.4 Å². The standard InChI is InChI=1S/C10H17NO2S/c1-7(2)10(13)11-6-4-5-9(11)14-8(3)12/h7,9H,4-6H2,1-3H3. The van der Waals surface area contributed by atoms with Gasteiger partial charge in [0.25, 0.3) is 0 Å². The molecule has 0 aromatic heterocycles. The van der Waals surface area contributed by atoms with Gasteiger partial charge in [-0.3, -0.25) is 9.59 Å². The van der Waals surface area contributed by atoms with Gasteiger partial charge in [0.1, 0.15) is 0 Å². The van der Waals surface area contributed by atoms with E-state index >= 15 is 0 Å². The van der Waals surface area contributed by atoms with E-state index in [0.29, 0.717) is 0 Å². The van der Waals surface area contributed by atoms with Gasteiger partial charge < -0.3 is 4.90 Å². The van der Waals surface area contributed by atoms with Crippen molar-refractivity contribution < 1.29 is 9.59 Å². The highest BCUT2D eigenvalue weighted by Gasteiger charge is 2.31. The first-order valence-corrected chi connectivity index (χ1v) is 5.88. The molecule has 1 aliphatic heterocycles. The van der Waals surface area contributed by atoms with Crippen LogP contribution in [0.1, 0.15) is 33.6 Å². The number of likely N-dealkylation sites (tertiary alicyclic amines) is 1. The first kappa shape index (κ1) is 11.6. The Labute approximate surface area is 89.2 Å². The lowest BCUT2D eigenvalue weighted by Gasteiger charge is -2.24. The molecule has 3 nitrogen and oxygen atoms in total. The highest BCUT2D eigenvalue weighted by molar-refractivity contribution is 8.14. The van der Waals surface area contributed by atoms with Crippen LogP contribution in [0.2, 0.25) is 0 Å². The minimum absolute atomic E-state index is 0.0307. The number of amides is 1. The van der Waals surface area contributed by atoms with Crippen LogP contribution in [0.3, 0.4) is 0 Å². The average molecular weight is 215 g/mol. The summed E-state index contributed by atoms with van der Waals surface area (Å²) in [7, 11) is 0. The quantitative estimate of drug-likeness (QED) is 0.705. The summed E-state index contributed by atoms with van der Waals surface area (Å²) in [5.74, 6) is 0.199. The molecule has 80 valence electrons. The summed E-state index contributed by atoms with van der Waals surface area (Å²) in [6.45, 7) is 6.16. The number of thioether (sulfide) groups is 1. The molecule has 0 spiro atoms. The minimum Gasteiger partial charge on any atom is -0.330 e. The summed E-state index contributed by atoms with van der Waals surface area (Å²) < 4.78 is 0. The molecule has 0 saturated carbocycles. The SMILES string of the molecule is CC(=O)SC1CCCN1C(=O)C(C)C. The molecule has 1 heterocycles. The van der Waals surface area contributed by atoms with Crippen molar-refractivity contribution in [1.29, 1.82) is 0 Å². The Morgan fingerprint density at radius 2 is 2.07 bits per heavy atom. The Morgan fingerprint density at radius 3 is 2.57 bits per heavy atom. The van der Waals surface area contributed by atoms with E-state index in [1.165, 1.54) is 11.8 Å². The lowest BCUT2D eigenvalue weighted by Crippen LogP contribution is -2.36. The van der Waals surface area contributed by atoms with E-state index in [2.05, 4.69) is 0 Å². The summed E-state index contributed by atoms with van der Waals surface area (Å²) in [4.78, 5) is 24.5. The van der Waals surface area contributed by atoms with E-state index in [0.717, 1.165) is 19.4 Å². The maximum absolute atomic E-state index is 11.7. The van der Waals surface area contributed by atoms with Gasteiger partial charge in [-0.15, -0.1) is 0 Å². The number of carbonyl (C=O) groups excluding carboxylic acids is 2. The molecule has 1 rings (SSSR count). The Bertz CT molecular complexity index is 240. The van der Waals surface area contributed by atoms with Crippen LogP contribution in [0.15, 0.2) is 0 Å². The number of hydrogen-bond acceptors (Lipinski definition) is 3. The Kier molecular flexibility index (Phi) is 3.98. The molecule has 1 amide bonds. The fourth-order valence-electron chi connectivity index (χ4n) is 1.63. The van der Waals surface area contributed by atoms with Crippen molar-refractivity contribution >= 4 is 22.8 Å². The van der Waals surface area contributed by atoms with Crippen LogP contribution in [0.5, 0.6) is 0 Å². The summed E-state index contributed by atoms with van der Waals surface area (Å²) >= 11 is 1.28. The van der Waals surface area contributed by atoms with Crippen molar-refractivity contribution in [1.82, 2.24) is 4.90 Å². The van der Waals surface area contributed by atoms with E-state index in [-0.39, 0.29) is 22.3 Å². The molecule has 1 atom stereocenters. The van der Waals surface area contributed by atoms with E-state index in [4.69, 9.17) is 0 Å². The van der Waals surface area contributed by atoms with Crippen LogP contribution < -0.4 is 0 Å². The monoisotopic (exact) mass is 215 g/mol. The Morgan fingerprint density at radius 1 is 1.43 bits per heavy atom. The fourth-order valence-corrected chi connectivity index (χ4v) is 2.64. The average Bonchev–Trinajstić information content (AvgIpc) is 2.49. The van der Waals surface area contributed by atoms with Crippen LogP contribution in [-0.2, 0) is 9.59 Å². The van der Waals surface area contributed by atoms with Crippen LogP contribution in [0, 0.1) is 5.92 Å². The third-order valence-corrected chi connectivity index (χ3v) is 3.37. The van der Waals surface area contributed by atoms with E-state index in [9.17, 15) is 9.59 Å². The Balaban J connectivity index is 2.59. The smallest absolute Gasteiger partial charge is 0.226 e. The third kappa shape index (κ3) is 2.74.